The van der Waals surface area contributed by atoms with Crippen LogP contribution in [0.5, 0.6) is 0 Å². The standard InChI is InChI=1S/C26H33NO2/c1-24(20-26(28-16-17-29-26)15-14-25(24)12-13-25)21-27(18-22-8-4-2-5-9-22)19-23-10-6-3-7-11-23/h2-11H,12-21H2,1H3. The summed E-state index contributed by atoms with van der Waals surface area (Å²) in [6.45, 7) is 7.06. The maximum Gasteiger partial charge on any atom is 0.169 e. The number of ether oxygens (including phenoxy) is 2. The summed E-state index contributed by atoms with van der Waals surface area (Å²) in [5, 5.41) is 0. The first kappa shape index (κ1) is 19.3. The number of hydrogen-bond donors (Lipinski definition) is 0. The summed E-state index contributed by atoms with van der Waals surface area (Å²) in [5.74, 6) is -0.326. The minimum absolute atomic E-state index is 0.221. The second kappa shape index (κ2) is 7.54. The number of nitrogens with zero attached hydrogens (tertiary/aromatic N) is 1. The molecule has 0 N–H and O–H groups in total. The van der Waals surface area contributed by atoms with Crippen molar-refractivity contribution in [3.8, 4) is 0 Å². The highest BCUT2D eigenvalue weighted by atomic mass is 16.7. The van der Waals surface area contributed by atoms with Gasteiger partial charge in [0.15, 0.2) is 5.79 Å². The molecule has 2 aromatic carbocycles. The summed E-state index contributed by atoms with van der Waals surface area (Å²) in [5.41, 5.74) is 3.48. The fourth-order valence-corrected chi connectivity index (χ4v) is 5.92. The Kier molecular flexibility index (Phi) is 5.01. The first-order valence-electron chi connectivity index (χ1n) is 11.2. The molecular formula is C26H33NO2. The quantitative estimate of drug-likeness (QED) is 0.658. The summed E-state index contributed by atoms with van der Waals surface area (Å²) < 4.78 is 12.4. The lowest BCUT2D eigenvalue weighted by Gasteiger charge is -2.51. The third-order valence-corrected chi connectivity index (χ3v) is 7.66. The molecular weight excluding hydrogens is 358 g/mol. The molecule has 0 amide bonds. The van der Waals surface area contributed by atoms with E-state index in [0.717, 1.165) is 45.7 Å². The smallest absolute Gasteiger partial charge is 0.169 e. The predicted octanol–water partition coefficient (Wildman–Crippen LogP) is 5.40. The van der Waals surface area contributed by atoms with Gasteiger partial charge in [0.2, 0.25) is 0 Å². The summed E-state index contributed by atoms with van der Waals surface area (Å²) in [6.07, 6.45) is 6.07. The molecule has 0 bridgehead atoms. The van der Waals surface area contributed by atoms with Crippen LogP contribution in [0.3, 0.4) is 0 Å². The Balaban J connectivity index is 1.40. The molecule has 1 unspecified atom stereocenters. The molecule has 2 aromatic rings. The van der Waals surface area contributed by atoms with Crippen molar-refractivity contribution in [1.29, 1.82) is 0 Å². The van der Waals surface area contributed by atoms with Crippen molar-refractivity contribution in [3.63, 3.8) is 0 Å². The highest BCUT2D eigenvalue weighted by molar-refractivity contribution is 5.18. The summed E-state index contributed by atoms with van der Waals surface area (Å²) in [7, 11) is 0. The Bertz CT molecular complexity index is 770. The largest absolute Gasteiger partial charge is 0.348 e. The van der Waals surface area contributed by atoms with E-state index in [2.05, 4.69) is 72.5 Å². The Morgan fingerprint density at radius 2 is 1.28 bits per heavy atom. The normalized spacial score (nSPS) is 27.0. The number of benzene rings is 2. The Morgan fingerprint density at radius 1 is 0.759 bits per heavy atom. The first-order valence-corrected chi connectivity index (χ1v) is 11.2. The Hall–Kier alpha value is -1.68. The van der Waals surface area contributed by atoms with Crippen molar-refractivity contribution < 1.29 is 9.47 Å². The zero-order valence-corrected chi connectivity index (χ0v) is 17.6. The van der Waals surface area contributed by atoms with Crippen molar-refractivity contribution in [2.75, 3.05) is 19.8 Å². The molecule has 1 atom stereocenters. The van der Waals surface area contributed by atoms with Crippen molar-refractivity contribution in [3.05, 3.63) is 71.8 Å². The minimum atomic E-state index is -0.326. The van der Waals surface area contributed by atoms with Gasteiger partial charge in [-0.2, -0.15) is 0 Å². The van der Waals surface area contributed by atoms with Gasteiger partial charge in [-0.15, -0.1) is 0 Å². The molecule has 2 saturated carbocycles. The van der Waals surface area contributed by atoms with Crippen LogP contribution >= 0.6 is 0 Å². The van der Waals surface area contributed by atoms with Gasteiger partial charge in [-0.1, -0.05) is 67.6 Å². The SMILES string of the molecule is CC1(CN(Cc2ccccc2)Cc2ccccc2)CC2(CCC13CC3)OCCO2. The molecule has 3 heteroatoms. The fourth-order valence-electron chi connectivity index (χ4n) is 5.92. The van der Waals surface area contributed by atoms with Gasteiger partial charge in [-0.25, -0.2) is 0 Å². The Labute approximate surface area is 175 Å². The van der Waals surface area contributed by atoms with Crippen LogP contribution in [0.2, 0.25) is 0 Å². The van der Waals surface area contributed by atoms with E-state index in [-0.39, 0.29) is 11.2 Å². The van der Waals surface area contributed by atoms with Crippen molar-refractivity contribution in [1.82, 2.24) is 4.90 Å². The highest BCUT2D eigenvalue weighted by Gasteiger charge is 2.63. The maximum absolute atomic E-state index is 6.18. The molecule has 154 valence electrons. The molecule has 2 aliphatic carbocycles. The van der Waals surface area contributed by atoms with Gasteiger partial charge in [-0.3, -0.25) is 4.90 Å². The third-order valence-electron chi connectivity index (χ3n) is 7.66. The summed E-state index contributed by atoms with van der Waals surface area (Å²) in [4.78, 5) is 2.65. The van der Waals surface area contributed by atoms with E-state index in [1.54, 1.807) is 0 Å². The monoisotopic (exact) mass is 391 g/mol. The van der Waals surface area contributed by atoms with E-state index < -0.39 is 0 Å². The van der Waals surface area contributed by atoms with Crippen LogP contribution in [-0.2, 0) is 22.6 Å². The zero-order valence-electron chi connectivity index (χ0n) is 17.6. The van der Waals surface area contributed by atoms with Gasteiger partial charge >= 0.3 is 0 Å². The van der Waals surface area contributed by atoms with Crippen molar-refractivity contribution in [2.45, 2.75) is 57.9 Å². The molecule has 2 spiro atoms. The van der Waals surface area contributed by atoms with Gasteiger partial charge in [0.05, 0.1) is 13.2 Å². The summed E-state index contributed by atoms with van der Waals surface area (Å²) >= 11 is 0. The van der Waals surface area contributed by atoms with Crippen LogP contribution in [0.25, 0.3) is 0 Å². The molecule has 3 fully saturated rings. The number of hydrogen-bond acceptors (Lipinski definition) is 3. The van der Waals surface area contributed by atoms with Gasteiger partial charge in [-0.05, 0) is 41.2 Å². The van der Waals surface area contributed by atoms with Crippen LogP contribution in [0.1, 0.15) is 50.2 Å². The molecule has 3 aliphatic rings. The maximum atomic E-state index is 6.18. The van der Waals surface area contributed by atoms with E-state index in [1.165, 1.54) is 30.4 Å². The summed E-state index contributed by atoms with van der Waals surface area (Å²) in [6, 6.07) is 21.8. The van der Waals surface area contributed by atoms with Gasteiger partial charge in [0.25, 0.3) is 0 Å². The van der Waals surface area contributed by atoms with Crippen LogP contribution < -0.4 is 0 Å². The Morgan fingerprint density at radius 3 is 1.79 bits per heavy atom. The van der Waals surface area contributed by atoms with E-state index in [9.17, 15) is 0 Å². The van der Waals surface area contributed by atoms with E-state index in [1.807, 2.05) is 0 Å². The topological polar surface area (TPSA) is 21.7 Å². The van der Waals surface area contributed by atoms with Crippen LogP contribution in [0, 0.1) is 10.8 Å². The lowest BCUT2D eigenvalue weighted by molar-refractivity contribution is -0.218. The molecule has 1 aliphatic heterocycles. The lowest BCUT2D eigenvalue weighted by atomic mass is 9.62. The van der Waals surface area contributed by atoms with Crippen LogP contribution in [0.15, 0.2) is 60.7 Å². The first-order chi connectivity index (χ1) is 14.1. The average molecular weight is 392 g/mol. The van der Waals surface area contributed by atoms with E-state index in [4.69, 9.17) is 9.47 Å². The second-order valence-corrected chi connectivity index (χ2v) is 9.74. The molecule has 0 aromatic heterocycles. The van der Waals surface area contributed by atoms with Gasteiger partial charge < -0.3 is 9.47 Å². The average Bonchev–Trinajstić information content (AvgIpc) is 3.40. The van der Waals surface area contributed by atoms with E-state index in [0.29, 0.717) is 5.41 Å². The minimum Gasteiger partial charge on any atom is -0.348 e. The highest BCUT2D eigenvalue weighted by Crippen LogP contribution is 2.68. The molecule has 5 rings (SSSR count). The molecule has 3 nitrogen and oxygen atoms in total. The van der Waals surface area contributed by atoms with Crippen LogP contribution in [0.4, 0.5) is 0 Å². The fraction of sp³-hybridized carbons (Fsp3) is 0.538. The van der Waals surface area contributed by atoms with Crippen LogP contribution in [-0.4, -0.2) is 30.4 Å². The van der Waals surface area contributed by atoms with Gasteiger partial charge in [0.1, 0.15) is 0 Å². The van der Waals surface area contributed by atoms with Crippen molar-refractivity contribution in [2.24, 2.45) is 10.8 Å². The zero-order chi connectivity index (χ0) is 19.8. The lowest BCUT2D eigenvalue weighted by Crippen LogP contribution is -2.51. The van der Waals surface area contributed by atoms with Crippen molar-refractivity contribution >= 4 is 0 Å². The molecule has 29 heavy (non-hydrogen) atoms. The second-order valence-electron chi connectivity index (χ2n) is 9.74. The predicted molar refractivity (Wildman–Crippen MR) is 115 cm³/mol. The third kappa shape index (κ3) is 3.88. The van der Waals surface area contributed by atoms with Gasteiger partial charge in [0, 0.05) is 32.5 Å². The molecule has 1 saturated heterocycles. The molecule has 1 heterocycles. The molecule has 0 radical (unpaired) electrons. The van der Waals surface area contributed by atoms with E-state index >= 15 is 0 Å². The number of rotatable bonds is 6.